The van der Waals surface area contributed by atoms with Crippen LogP contribution in [0.2, 0.25) is 0 Å². The average Bonchev–Trinajstić information content (AvgIpc) is 3.42. The Morgan fingerprint density at radius 1 is 1.21 bits per heavy atom. The molecule has 6 heteroatoms. The number of anilines is 2. The van der Waals surface area contributed by atoms with Crippen molar-refractivity contribution in [3.05, 3.63) is 59.5 Å². The van der Waals surface area contributed by atoms with Gasteiger partial charge in [-0.25, -0.2) is 4.98 Å². The number of aryl methyl sites for hydroxylation is 1. The van der Waals surface area contributed by atoms with Gasteiger partial charge in [-0.2, -0.15) is 0 Å². The number of thiazole rings is 1. The Balaban J connectivity index is 1.71. The Kier molecular flexibility index (Phi) is 5.53. The van der Waals surface area contributed by atoms with Crippen LogP contribution in [0.1, 0.15) is 25.3 Å². The Hall–Kier alpha value is -2.86. The summed E-state index contributed by atoms with van der Waals surface area (Å²) >= 11 is 1.53. The third-order valence-corrected chi connectivity index (χ3v) is 5.92. The lowest BCUT2D eigenvalue weighted by atomic mass is 10.1. The molecule has 0 saturated heterocycles. The summed E-state index contributed by atoms with van der Waals surface area (Å²) in [4.78, 5) is 19.7. The predicted molar refractivity (Wildman–Crippen MR) is 118 cm³/mol. The van der Waals surface area contributed by atoms with Gasteiger partial charge >= 0.3 is 0 Å². The van der Waals surface area contributed by atoms with E-state index < -0.39 is 6.04 Å². The molecule has 1 amide bonds. The number of rotatable bonds is 7. The van der Waals surface area contributed by atoms with Crippen LogP contribution >= 0.6 is 11.3 Å². The van der Waals surface area contributed by atoms with Crippen molar-refractivity contribution in [1.29, 1.82) is 0 Å². The van der Waals surface area contributed by atoms with Crippen LogP contribution in [0.15, 0.2) is 53.9 Å². The molecule has 1 saturated carbocycles. The molecule has 1 aliphatic rings. The van der Waals surface area contributed by atoms with Crippen LogP contribution < -0.4 is 15.0 Å². The average molecular weight is 408 g/mol. The predicted octanol–water partition coefficient (Wildman–Crippen LogP) is 4.93. The summed E-state index contributed by atoms with van der Waals surface area (Å²) in [6.45, 7) is 3.98. The van der Waals surface area contributed by atoms with Crippen molar-refractivity contribution in [2.45, 2.75) is 38.8 Å². The van der Waals surface area contributed by atoms with Crippen molar-refractivity contribution in [1.82, 2.24) is 10.3 Å². The van der Waals surface area contributed by atoms with Crippen LogP contribution in [0.3, 0.4) is 0 Å². The van der Waals surface area contributed by atoms with Crippen LogP contribution in [-0.2, 0) is 4.79 Å². The first-order chi connectivity index (χ1) is 14.1. The van der Waals surface area contributed by atoms with Crippen LogP contribution in [0, 0.1) is 6.92 Å². The second kappa shape index (κ2) is 8.25. The topological polar surface area (TPSA) is 54.5 Å². The van der Waals surface area contributed by atoms with Crippen molar-refractivity contribution in [2.24, 2.45) is 0 Å². The molecule has 1 fully saturated rings. The maximum absolute atomic E-state index is 12.9. The van der Waals surface area contributed by atoms with E-state index in [4.69, 9.17) is 9.72 Å². The highest BCUT2D eigenvalue weighted by Crippen LogP contribution is 2.38. The van der Waals surface area contributed by atoms with E-state index in [1.54, 1.807) is 7.11 Å². The van der Waals surface area contributed by atoms with Gasteiger partial charge in [-0.3, -0.25) is 4.79 Å². The SMILES string of the molecule is COc1ccccc1N(c1nc(-c2ccc(C)cc2)cs1)C(C)C(=O)NC1CC1. The van der Waals surface area contributed by atoms with Gasteiger partial charge in [0, 0.05) is 17.0 Å². The summed E-state index contributed by atoms with van der Waals surface area (Å²) in [5, 5.41) is 5.91. The summed E-state index contributed by atoms with van der Waals surface area (Å²) in [5.74, 6) is 0.719. The molecule has 0 spiro atoms. The number of amides is 1. The van der Waals surface area contributed by atoms with Gasteiger partial charge in [-0.1, -0.05) is 42.0 Å². The fraction of sp³-hybridized carbons (Fsp3) is 0.304. The number of benzene rings is 2. The molecule has 5 nitrogen and oxygen atoms in total. The molecule has 0 bridgehead atoms. The normalized spacial score (nSPS) is 14.3. The van der Waals surface area contributed by atoms with Crippen molar-refractivity contribution in [2.75, 3.05) is 12.0 Å². The molecule has 1 N–H and O–H groups in total. The highest BCUT2D eigenvalue weighted by molar-refractivity contribution is 7.14. The molecule has 1 unspecified atom stereocenters. The van der Waals surface area contributed by atoms with E-state index in [1.807, 2.05) is 41.5 Å². The number of nitrogens with zero attached hydrogens (tertiary/aromatic N) is 2. The van der Waals surface area contributed by atoms with E-state index in [1.165, 1.54) is 16.9 Å². The zero-order valence-electron chi connectivity index (χ0n) is 16.9. The molecular weight excluding hydrogens is 382 g/mol. The molecule has 0 aliphatic heterocycles. The van der Waals surface area contributed by atoms with E-state index in [-0.39, 0.29) is 5.91 Å². The van der Waals surface area contributed by atoms with Crippen LogP contribution in [0.25, 0.3) is 11.3 Å². The second-order valence-electron chi connectivity index (χ2n) is 7.38. The smallest absolute Gasteiger partial charge is 0.243 e. The number of carbonyl (C=O) groups is 1. The third-order valence-electron chi connectivity index (χ3n) is 5.08. The number of hydrogen-bond donors (Lipinski definition) is 1. The first kappa shape index (κ1) is 19.5. The van der Waals surface area contributed by atoms with E-state index in [2.05, 4.69) is 36.5 Å². The second-order valence-corrected chi connectivity index (χ2v) is 8.22. The number of aromatic nitrogens is 1. The van der Waals surface area contributed by atoms with Crippen LogP contribution in [-0.4, -0.2) is 30.1 Å². The number of carbonyl (C=O) groups excluding carboxylic acids is 1. The number of para-hydroxylation sites is 2. The molecule has 4 rings (SSSR count). The van der Waals surface area contributed by atoms with E-state index in [9.17, 15) is 4.79 Å². The summed E-state index contributed by atoms with van der Waals surface area (Å²) in [6.07, 6.45) is 2.11. The summed E-state index contributed by atoms with van der Waals surface area (Å²) in [5.41, 5.74) is 4.01. The first-order valence-electron chi connectivity index (χ1n) is 9.82. The fourth-order valence-electron chi connectivity index (χ4n) is 3.20. The quantitative estimate of drug-likeness (QED) is 0.603. The standard InChI is InChI=1S/C23H25N3O2S/c1-15-8-10-17(11-9-15)19-14-29-23(25-19)26(16(2)22(27)24-18-12-13-18)20-6-4-5-7-21(20)28-3/h4-11,14,16,18H,12-13H2,1-3H3,(H,24,27). The largest absolute Gasteiger partial charge is 0.495 e. The van der Waals surface area contributed by atoms with Gasteiger partial charge in [-0.15, -0.1) is 11.3 Å². The van der Waals surface area contributed by atoms with Gasteiger partial charge < -0.3 is 15.0 Å². The van der Waals surface area contributed by atoms with Gasteiger partial charge in [-0.05, 0) is 38.8 Å². The molecule has 3 aromatic rings. The zero-order chi connectivity index (χ0) is 20.4. The van der Waals surface area contributed by atoms with Gasteiger partial charge in [0.25, 0.3) is 0 Å². The lowest BCUT2D eigenvalue weighted by molar-refractivity contribution is -0.122. The molecule has 1 aliphatic carbocycles. The highest BCUT2D eigenvalue weighted by atomic mass is 32.1. The van der Waals surface area contributed by atoms with E-state index >= 15 is 0 Å². The minimum atomic E-state index is -0.413. The number of methoxy groups -OCH3 is 1. The summed E-state index contributed by atoms with van der Waals surface area (Å²) in [6, 6.07) is 16.0. The van der Waals surface area contributed by atoms with Crippen molar-refractivity contribution < 1.29 is 9.53 Å². The van der Waals surface area contributed by atoms with Crippen molar-refractivity contribution >= 4 is 28.1 Å². The van der Waals surface area contributed by atoms with Crippen LogP contribution in [0.4, 0.5) is 10.8 Å². The van der Waals surface area contributed by atoms with E-state index in [0.29, 0.717) is 11.8 Å². The van der Waals surface area contributed by atoms with E-state index in [0.717, 1.165) is 34.9 Å². The maximum Gasteiger partial charge on any atom is 0.243 e. The number of ether oxygens (including phenoxy) is 1. The molecule has 2 aromatic carbocycles. The fourth-order valence-corrected chi connectivity index (χ4v) is 4.13. The monoisotopic (exact) mass is 407 g/mol. The van der Waals surface area contributed by atoms with Gasteiger partial charge in [0.2, 0.25) is 5.91 Å². The lowest BCUT2D eigenvalue weighted by Crippen LogP contribution is -2.44. The van der Waals surface area contributed by atoms with Gasteiger partial charge in [0.15, 0.2) is 5.13 Å². The molecule has 1 heterocycles. The molecule has 0 radical (unpaired) electrons. The minimum absolute atomic E-state index is 0.00509. The summed E-state index contributed by atoms with van der Waals surface area (Å²) in [7, 11) is 1.64. The molecule has 29 heavy (non-hydrogen) atoms. The Bertz CT molecular complexity index is 995. The number of hydrogen-bond acceptors (Lipinski definition) is 5. The van der Waals surface area contributed by atoms with Gasteiger partial charge in [0.1, 0.15) is 11.8 Å². The minimum Gasteiger partial charge on any atom is -0.495 e. The van der Waals surface area contributed by atoms with Crippen LogP contribution in [0.5, 0.6) is 5.75 Å². The number of nitrogens with one attached hydrogen (secondary N) is 1. The summed E-state index contributed by atoms with van der Waals surface area (Å²) < 4.78 is 5.58. The Morgan fingerprint density at radius 2 is 1.93 bits per heavy atom. The molecule has 1 aromatic heterocycles. The molecule has 1 atom stereocenters. The highest BCUT2D eigenvalue weighted by Gasteiger charge is 2.31. The Morgan fingerprint density at radius 3 is 2.62 bits per heavy atom. The molecular formula is C23H25N3O2S. The molecule has 150 valence electrons. The lowest BCUT2D eigenvalue weighted by Gasteiger charge is -2.29. The van der Waals surface area contributed by atoms with Gasteiger partial charge in [0.05, 0.1) is 18.5 Å². The Labute approximate surface area is 175 Å². The van der Waals surface area contributed by atoms with Crippen molar-refractivity contribution in [3.63, 3.8) is 0 Å². The first-order valence-corrected chi connectivity index (χ1v) is 10.7. The van der Waals surface area contributed by atoms with Crippen molar-refractivity contribution in [3.8, 4) is 17.0 Å². The maximum atomic E-state index is 12.9. The third kappa shape index (κ3) is 4.27. The zero-order valence-corrected chi connectivity index (χ0v) is 17.7.